The van der Waals surface area contributed by atoms with Gasteiger partial charge >= 0.3 is 0 Å². The molecule has 1 aromatic heterocycles. The van der Waals surface area contributed by atoms with Gasteiger partial charge in [0, 0.05) is 23.7 Å². The van der Waals surface area contributed by atoms with E-state index in [0.717, 1.165) is 11.2 Å². The van der Waals surface area contributed by atoms with Crippen LogP contribution in [0.1, 0.15) is 5.69 Å². The number of aromatic amines is 1. The lowest BCUT2D eigenvalue weighted by molar-refractivity contribution is 0.265. The van der Waals surface area contributed by atoms with Crippen LogP contribution in [0.2, 0.25) is 0 Å². The Bertz CT molecular complexity index is 389. The molecule has 1 heterocycles. The van der Waals surface area contributed by atoms with Crippen molar-refractivity contribution < 1.29 is 5.11 Å². The maximum Gasteiger partial charge on any atom is 0.0586 e. The van der Waals surface area contributed by atoms with Crippen LogP contribution >= 0.6 is 0 Å². The fourth-order valence-electron chi connectivity index (χ4n) is 1.59. The first-order valence-electron chi connectivity index (χ1n) is 4.72. The van der Waals surface area contributed by atoms with Crippen molar-refractivity contribution in [2.24, 2.45) is 5.73 Å². The van der Waals surface area contributed by atoms with E-state index in [2.05, 4.69) is 17.1 Å². The lowest BCUT2D eigenvalue weighted by Crippen LogP contribution is -2.26. The van der Waals surface area contributed by atoms with Crippen LogP contribution in [-0.2, 0) is 6.42 Å². The van der Waals surface area contributed by atoms with E-state index in [1.807, 2.05) is 18.2 Å². The molecule has 2 aromatic rings. The molecule has 0 saturated carbocycles. The van der Waals surface area contributed by atoms with Gasteiger partial charge in [0.2, 0.25) is 0 Å². The van der Waals surface area contributed by atoms with Crippen LogP contribution in [-0.4, -0.2) is 22.7 Å². The molecular weight excluding hydrogens is 176 g/mol. The molecule has 0 spiro atoms. The van der Waals surface area contributed by atoms with Crippen LogP contribution in [0.3, 0.4) is 0 Å². The van der Waals surface area contributed by atoms with Crippen molar-refractivity contribution in [1.29, 1.82) is 0 Å². The van der Waals surface area contributed by atoms with Gasteiger partial charge in [0.25, 0.3) is 0 Å². The van der Waals surface area contributed by atoms with E-state index in [-0.39, 0.29) is 12.6 Å². The third kappa shape index (κ3) is 1.78. The standard InChI is InChI=1S/C11H14N2O/c12-9(7-14)6-10-5-8-3-1-2-4-11(8)13-10/h1-5,9,13-14H,6-7,12H2. The molecule has 1 unspecified atom stereocenters. The van der Waals surface area contributed by atoms with Crippen molar-refractivity contribution in [2.45, 2.75) is 12.5 Å². The molecular formula is C11H14N2O. The minimum absolute atomic E-state index is 0.0232. The van der Waals surface area contributed by atoms with E-state index in [4.69, 9.17) is 10.8 Å². The first-order valence-corrected chi connectivity index (χ1v) is 4.72. The summed E-state index contributed by atoms with van der Waals surface area (Å²) in [6.07, 6.45) is 0.686. The minimum atomic E-state index is -0.178. The highest BCUT2D eigenvalue weighted by atomic mass is 16.3. The first kappa shape index (κ1) is 9.24. The van der Waals surface area contributed by atoms with Crippen molar-refractivity contribution in [3.05, 3.63) is 36.0 Å². The molecule has 0 saturated heterocycles. The summed E-state index contributed by atoms with van der Waals surface area (Å²) < 4.78 is 0. The molecule has 14 heavy (non-hydrogen) atoms. The van der Waals surface area contributed by atoms with Gasteiger partial charge in [-0.15, -0.1) is 0 Å². The predicted molar refractivity (Wildman–Crippen MR) is 57.1 cm³/mol. The Morgan fingerprint density at radius 2 is 2.14 bits per heavy atom. The molecule has 0 bridgehead atoms. The van der Waals surface area contributed by atoms with Gasteiger partial charge in [-0.1, -0.05) is 18.2 Å². The Morgan fingerprint density at radius 3 is 2.86 bits per heavy atom. The second-order valence-corrected chi connectivity index (χ2v) is 3.53. The number of aliphatic hydroxyl groups excluding tert-OH is 1. The normalized spacial score (nSPS) is 13.3. The molecule has 4 N–H and O–H groups in total. The SMILES string of the molecule is NC(CO)Cc1cc2ccccc2[nH]1. The van der Waals surface area contributed by atoms with Crippen molar-refractivity contribution in [2.75, 3.05) is 6.61 Å². The van der Waals surface area contributed by atoms with Gasteiger partial charge in [0.1, 0.15) is 0 Å². The number of rotatable bonds is 3. The Hall–Kier alpha value is -1.32. The second-order valence-electron chi connectivity index (χ2n) is 3.53. The molecule has 3 nitrogen and oxygen atoms in total. The number of fused-ring (bicyclic) bond motifs is 1. The van der Waals surface area contributed by atoms with Crippen LogP contribution in [0, 0.1) is 0 Å². The van der Waals surface area contributed by atoms with Crippen molar-refractivity contribution in [3.8, 4) is 0 Å². The largest absolute Gasteiger partial charge is 0.395 e. The van der Waals surface area contributed by atoms with E-state index in [0.29, 0.717) is 6.42 Å². The van der Waals surface area contributed by atoms with E-state index >= 15 is 0 Å². The van der Waals surface area contributed by atoms with Crippen LogP contribution in [0.5, 0.6) is 0 Å². The number of benzene rings is 1. The lowest BCUT2D eigenvalue weighted by Gasteiger charge is -2.04. The van der Waals surface area contributed by atoms with Gasteiger partial charge in [-0.25, -0.2) is 0 Å². The van der Waals surface area contributed by atoms with Gasteiger partial charge in [0.15, 0.2) is 0 Å². The highest BCUT2D eigenvalue weighted by Crippen LogP contribution is 2.15. The van der Waals surface area contributed by atoms with Crippen molar-refractivity contribution >= 4 is 10.9 Å². The Kier molecular flexibility index (Phi) is 2.52. The smallest absolute Gasteiger partial charge is 0.0586 e. The maximum atomic E-state index is 8.83. The molecule has 0 aliphatic carbocycles. The fraction of sp³-hybridized carbons (Fsp3) is 0.273. The van der Waals surface area contributed by atoms with Crippen LogP contribution in [0.4, 0.5) is 0 Å². The number of hydrogen-bond donors (Lipinski definition) is 3. The van der Waals surface area contributed by atoms with Gasteiger partial charge in [-0.2, -0.15) is 0 Å². The molecule has 0 amide bonds. The van der Waals surface area contributed by atoms with E-state index in [1.54, 1.807) is 0 Å². The summed E-state index contributed by atoms with van der Waals surface area (Å²) in [5.41, 5.74) is 7.85. The highest BCUT2D eigenvalue weighted by Gasteiger charge is 2.04. The molecule has 0 aliphatic rings. The summed E-state index contributed by atoms with van der Waals surface area (Å²) in [5, 5.41) is 10.0. The predicted octanol–water partition coefficient (Wildman–Crippen LogP) is 1.03. The number of aliphatic hydroxyl groups is 1. The Morgan fingerprint density at radius 1 is 1.36 bits per heavy atom. The van der Waals surface area contributed by atoms with Gasteiger partial charge < -0.3 is 15.8 Å². The summed E-state index contributed by atoms with van der Waals surface area (Å²) >= 11 is 0. The number of para-hydroxylation sites is 1. The number of hydrogen-bond acceptors (Lipinski definition) is 2. The van der Waals surface area contributed by atoms with E-state index in [1.165, 1.54) is 5.39 Å². The maximum absolute atomic E-state index is 8.83. The molecule has 3 heteroatoms. The molecule has 0 aliphatic heterocycles. The van der Waals surface area contributed by atoms with E-state index in [9.17, 15) is 0 Å². The molecule has 2 rings (SSSR count). The molecule has 74 valence electrons. The monoisotopic (exact) mass is 190 g/mol. The zero-order valence-electron chi connectivity index (χ0n) is 7.90. The van der Waals surface area contributed by atoms with Crippen LogP contribution < -0.4 is 5.73 Å². The summed E-state index contributed by atoms with van der Waals surface area (Å²) in [7, 11) is 0. The first-order chi connectivity index (χ1) is 6.79. The molecule has 0 radical (unpaired) electrons. The fourth-order valence-corrected chi connectivity index (χ4v) is 1.59. The summed E-state index contributed by atoms with van der Waals surface area (Å²) in [4.78, 5) is 3.27. The number of H-pyrrole nitrogens is 1. The van der Waals surface area contributed by atoms with E-state index < -0.39 is 0 Å². The third-order valence-corrected chi connectivity index (χ3v) is 2.30. The van der Waals surface area contributed by atoms with Gasteiger partial charge in [-0.05, 0) is 17.5 Å². The zero-order valence-corrected chi connectivity index (χ0v) is 7.90. The minimum Gasteiger partial charge on any atom is -0.395 e. The van der Waals surface area contributed by atoms with Gasteiger partial charge in [0.05, 0.1) is 6.61 Å². The Labute approximate surface area is 82.6 Å². The average molecular weight is 190 g/mol. The second kappa shape index (κ2) is 3.82. The quantitative estimate of drug-likeness (QED) is 0.677. The molecule has 1 aromatic carbocycles. The van der Waals surface area contributed by atoms with Crippen molar-refractivity contribution in [1.82, 2.24) is 4.98 Å². The lowest BCUT2D eigenvalue weighted by atomic mass is 10.2. The number of nitrogens with one attached hydrogen (secondary N) is 1. The topological polar surface area (TPSA) is 62.0 Å². The highest BCUT2D eigenvalue weighted by molar-refractivity contribution is 5.80. The average Bonchev–Trinajstić information content (AvgIpc) is 2.59. The number of aromatic nitrogens is 1. The number of nitrogens with two attached hydrogens (primary N) is 1. The van der Waals surface area contributed by atoms with Crippen molar-refractivity contribution in [3.63, 3.8) is 0 Å². The summed E-state index contributed by atoms with van der Waals surface area (Å²) in [5.74, 6) is 0. The van der Waals surface area contributed by atoms with Crippen LogP contribution in [0.25, 0.3) is 10.9 Å². The molecule has 1 atom stereocenters. The van der Waals surface area contributed by atoms with Crippen LogP contribution in [0.15, 0.2) is 30.3 Å². The summed E-state index contributed by atoms with van der Waals surface area (Å²) in [6, 6.07) is 9.98. The third-order valence-electron chi connectivity index (χ3n) is 2.30. The zero-order chi connectivity index (χ0) is 9.97. The Balaban J connectivity index is 2.27. The summed E-state index contributed by atoms with van der Waals surface area (Å²) in [6.45, 7) is 0.0232. The van der Waals surface area contributed by atoms with Gasteiger partial charge in [-0.3, -0.25) is 0 Å². The molecule has 0 fully saturated rings.